The number of aliphatic hydroxyl groups is 1. The van der Waals surface area contributed by atoms with Crippen molar-refractivity contribution in [3.8, 4) is 0 Å². The average molecular weight is 199 g/mol. The van der Waals surface area contributed by atoms with Gasteiger partial charge in [-0.3, -0.25) is 4.98 Å². The zero-order valence-electron chi connectivity index (χ0n) is 8.59. The van der Waals surface area contributed by atoms with Crippen LogP contribution in [-0.4, -0.2) is 10.1 Å². The maximum Gasteiger partial charge on any atom is 0.106 e. The Labute approximate surface area is 89.2 Å². The number of rotatable bonds is 2. The molecule has 2 nitrogen and oxygen atoms in total. The molecule has 1 N–H and O–H groups in total. The lowest BCUT2D eigenvalue weighted by Gasteiger charge is -2.12. The number of nitrogens with zero attached hydrogens (tertiary/aromatic N) is 1. The van der Waals surface area contributed by atoms with E-state index in [4.69, 9.17) is 0 Å². The van der Waals surface area contributed by atoms with Crippen LogP contribution in [0.1, 0.15) is 22.8 Å². The van der Waals surface area contributed by atoms with Crippen molar-refractivity contribution < 1.29 is 5.11 Å². The van der Waals surface area contributed by atoms with Crippen LogP contribution < -0.4 is 0 Å². The molecular formula is C13H13NO. The van der Waals surface area contributed by atoms with Gasteiger partial charge in [0.2, 0.25) is 0 Å². The molecule has 0 spiro atoms. The number of benzene rings is 1. The summed E-state index contributed by atoms with van der Waals surface area (Å²) in [6.07, 6.45) is 2.86. The molecule has 0 saturated heterocycles. The topological polar surface area (TPSA) is 33.1 Å². The van der Waals surface area contributed by atoms with Gasteiger partial charge in [0.05, 0.1) is 0 Å². The average Bonchev–Trinajstić information content (AvgIpc) is 2.30. The number of hydrogen-bond donors (Lipinski definition) is 1. The van der Waals surface area contributed by atoms with Crippen molar-refractivity contribution in [2.45, 2.75) is 13.0 Å². The largest absolute Gasteiger partial charge is 0.384 e. The fourth-order valence-electron chi connectivity index (χ4n) is 1.58. The van der Waals surface area contributed by atoms with E-state index >= 15 is 0 Å². The van der Waals surface area contributed by atoms with E-state index in [-0.39, 0.29) is 0 Å². The Balaban J connectivity index is 2.37. The van der Waals surface area contributed by atoms with Gasteiger partial charge in [-0.2, -0.15) is 0 Å². The van der Waals surface area contributed by atoms with Crippen molar-refractivity contribution in [2.75, 3.05) is 0 Å². The number of aryl methyl sites for hydroxylation is 1. The molecule has 0 aliphatic heterocycles. The number of hydrogen-bond acceptors (Lipinski definition) is 2. The van der Waals surface area contributed by atoms with Gasteiger partial charge in [0, 0.05) is 18.0 Å². The Morgan fingerprint density at radius 3 is 2.53 bits per heavy atom. The molecule has 0 fully saturated rings. The van der Waals surface area contributed by atoms with Crippen LogP contribution in [0.15, 0.2) is 48.8 Å². The summed E-state index contributed by atoms with van der Waals surface area (Å²) in [6.45, 7) is 1.98. The monoisotopic (exact) mass is 199 g/mol. The summed E-state index contributed by atoms with van der Waals surface area (Å²) in [7, 11) is 0. The third-order valence-electron chi connectivity index (χ3n) is 2.49. The first-order valence-corrected chi connectivity index (χ1v) is 4.92. The number of pyridine rings is 1. The quantitative estimate of drug-likeness (QED) is 0.806. The van der Waals surface area contributed by atoms with Gasteiger partial charge in [0.25, 0.3) is 0 Å². The Hall–Kier alpha value is -1.67. The molecule has 0 aliphatic rings. The molecule has 1 unspecified atom stereocenters. The van der Waals surface area contributed by atoms with E-state index in [1.807, 2.05) is 43.3 Å². The van der Waals surface area contributed by atoms with Crippen LogP contribution in [0.4, 0.5) is 0 Å². The maximum atomic E-state index is 10.1. The molecule has 0 radical (unpaired) electrons. The molecule has 2 heteroatoms. The number of aliphatic hydroxyl groups excluding tert-OH is 1. The smallest absolute Gasteiger partial charge is 0.106 e. The lowest BCUT2D eigenvalue weighted by molar-refractivity contribution is 0.219. The molecule has 1 heterocycles. The fourth-order valence-corrected chi connectivity index (χ4v) is 1.58. The predicted molar refractivity (Wildman–Crippen MR) is 59.5 cm³/mol. The summed E-state index contributed by atoms with van der Waals surface area (Å²) in [6, 6.07) is 11.5. The standard InChI is InChI=1S/C13H13NO/c1-10-7-8-14-9-12(10)13(15)11-5-3-2-4-6-11/h2-9,13,15H,1H3. The van der Waals surface area contributed by atoms with Crippen molar-refractivity contribution in [2.24, 2.45) is 0 Å². The number of aromatic nitrogens is 1. The van der Waals surface area contributed by atoms with Crippen molar-refractivity contribution in [1.29, 1.82) is 0 Å². The van der Waals surface area contributed by atoms with Gasteiger partial charge in [0.1, 0.15) is 6.10 Å². The molecule has 0 bridgehead atoms. The second-order valence-electron chi connectivity index (χ2n) is 3.55. The van der Waals surface area contributed by atoms with Gasteiger partial charge >= 0.3 is 0 Å². The van der Waals surface area contributed by atoms with Crippen molar-refractivity contribution in [3.63, 3.8) is 0 Å². The first kappa shape index (κ1) is 9.87. The molecule has 2 rings (SSSR count). The van der Waals surface area contributed by atoms with E-state index in [1.165, 1.54) is 0 Å². The van der Waals surface area contributed by atoms with E-state index < -0.39 is 6.10 Å². The molecule has 0 aliphatic carbocycles. The van der Waals surface area contributed by atoms with E-state index in [1.54, 1.807) is 12.4 Å². The van der Waals surface area contributed by atoms with Crippen LogP contribution in [0.3, 0.4) is 0 Å². The lowest BCUT2D eigenvalue weighted by Crippen LogP contribution is -2.02. The minimum absolute atomic E-state index is 0.583. The maximum absolute atomic E-state index is 10.1. The van der Waals surface area contributed by atoms with Gasteiger partial charge < -0.3 is 5.11 Å². The predicted octanol–water partition coefficient (Wildman–Crippen LogP) is 2.47. The lowest BCUT2D eigenvalue weighted by atomic mass is 10.00. The zero-order chi connectivity index (χ0) is 10.7. The van der Waals surface area contributed by atoms with E-state index in [0.29, 0.717) is 0 Å². The van der Waals surface area contributed by atoms with E-state index in [9.17, 15) is 5.11 Å². The van der Waals surface area contributed by atoms with Crippen LogP contribution >= 0.6 is 0 Å². The summed E-state index contributed by atoms with van der Waals surface area (Å²) in [4.78, 5) is 4.03. The van der Waals surface area contributed by atoms with Gasteiger partial charge in [-0.25, -0.2) is 0 Å². The highest BCUT2D eigenvalue weighted by Gasteiger charge is 2.11. The summed E-state index contributed by atoms with van der Waals surface area (Å²) < 4.78 is 0. The zero-order valence-corrected chi connectivity index (χ0v) is 8.59. The van der Waals surface area contributed by atoms with Crippen LogP contribution in [-0.2, 0) is 0 Å². The molecule has 15 heavy (non-hydrogen) atoms. The molecule has 2 aromatic rings. The molecular weight excluding hydrogens is 186 g/mol. The highest BCUT2D eigenvalue weighted by atomic mass is 16.3. The molecule has 0 saturated carbocycles. The second kappa shape index (κ2) is 4.24. The highest BCUT2D eigenvalue weighted by molar-refractivity contribution is 5.32. The summed E-state index contributed by atoms with van der Waals surface area (Å²) in [5.41, 5.74) is 2.82. The van der Waals surface area contributed by atoms with Gasteiger partial charge in [-0.15, -0.1) is 0 Å². The fraction of sp³-hybridized carbons (Fsp3) is 0.154. The first-order chi connectivity index (χ1) is 7.29. The SMILES string of the molecule is Cc1ccncc1C(O)c1ccccc1. The van der Waals surface area contributed by atoms with Crippen LogP contribution in [0.25, 0.3) is 0 Å². The Morgan fingerprint density at radius 1 is 1.13 bits per heavy atom. The van der Waals surface area contributed by atoms with Crippen LogP contribution in [0, 0.1) is 6.92 Å². The Bertz CT molecular complexity index is 439. The second-order valence-corrected chi connectivity index (χ2v) is 3.55. The molecule has 0 amide bonds. The summed E-state index contributed by atoms with van der Waals surface area (Å²) >= 11 is 0. The van der Waals surface area contributed by atoms with Gasteiger partial charge in [-0.05, 0) is 24.1 Å². The van der Waals surface area contributed by atoms with Crippen LogP contribution in [0.2, 0.25) is 0 Å². The normalized spacial score (nSPS) is 12.4. The molecule has 1 aromatic heterocycles. The first-order valence-electron chi connectivity index (χ1n) is 4.92. The molecule has 1 aromatic carbocycles. The molecule has 1 atom stereocenters. The van der Waals surface area contributed by atoms with Crippen molar-refractivity contribution in [3.05, 3.63) is 65.5 Å². The minimum atomic E-state index is -0.583. The molecule has 76 valence electrons. The third-order valence-corrected chi connectivity index (χ3v) is 2.49. The van der Waals surface area contributed by atoms with E-state index in [2.05, 4.69) is 4.98 Å². The van der Waals surface area contributed by atoms with Crippen LogP contribution in [0.5, 0.6) is 0 Å². The highest BCUT2D eigenvalue weighted by Crippen LogP contribution is 2.23. The van der Waals surface area contributed by atoms with Crippen molar-refractivity contribution in [1.82, 2.24) is 4.98 Å². The van der Waals surface area contributed by atoms with Gasteiger partial charge in [-0.1, -0.05) is 30.3 Å². The Morgan fingerprint density at radius 2 is 1.87 bits per heavy atom. The Kier molecular flexibility index (Phi) is 2.79. The minimum Gasteiger partial charge on any atom is -0.384 e. The third kappa shape index (κ3) is 2.05. The summed E-state index contributed by atoms with van der Waals surface area (Å²) in [5.74, 6) is 0. The van der Waals surface area contributed by atoms with Crippen molar-refractivity contribution >= 4 is 0 Å². The van der Waals surface area contributed by atoms with Gasteiger partial charge in [0.15, 0.2) is 0 Å². The van der Waals surface area contributed by atoms with E-state index in [0.717, 1.165) is 16.7 Å². The summed E-state index contributed by atoms with van der Waals surface area (Å²) in [5, 5.41) is 10.1.